The van der Waals surface area contributed by atoms with Gasteiger partial charge in [-0.1, -0.05) is 0 Å². The standard InChI is InChI=1S/C12H6F3N3O2/c13-12(14,15)10-3-4-18(17-10)9-2-1-7(11(19)20)5-8(9)6-16/h1-5H,(H,19,20). The topological polar surface area (TPSA) is 78.9 Å². The van der Waals surface area contributed by atoms with Gasteiger partial charge in [0.1, 0.15) is 6.07 Å². The number of carboxylic acid groups (broad SMARTS) is 1. The van der Waals surface area contributed by atoms with Gasteiger partial charge in [-0.3, -0.25) is 0 Å². The van der Waals surface area contributed by atoms with Crippen LogP contribution in [0.3, 0.4) is 0 Å². The molecule has 2 aromatic rings. The van der Waals surface area contributed by atoms with Gasteiger partial charge in [0.05, 0.1) is 16.8 Å². The number of carbonyl (C=O) groups is 1. The van der Waals surface area contributed by atoms with E-state index in [4.69, 9.17) is 10.4 Å². The molecule has 0 spiro atoms. The fraction of sp³-hybridized carbons (Fsp3) is 0.0833. The number of hydrogen-bond acceptors (Lipinski definition) is 3. The largest absolute Gasteiger partial charge is 0.478 e. The highest BCUT2D eigenvalue weighted by Gasteiger charge is 2.33. The van der Waals surface area contributed by atoms with Gasteiger partial charge in [-0.15, -0.1) is 0 Å². The van der Waals surface area contributed by atoms with Gasteiger partial charge < -0.3 is 5.11 Å². The van der Waals surface area contributed by atoms with E-state index in [0.717, 1.165) is 23.0 Å². The number of alkyl halides is 3. The van der Waals surface area contributed by atoms with Crippen molar-refractivity contribution in [3.63, 3.8) is 0 Å². The number of aromatic nitrogens is 2. The highest BCUT2D eigenvalue weighted by atomic mass is 19.4. The predicted molar refractivity (Wildman–Crippen MR) is 60.2 cm³/mol. The lowest BCUT2D eigenvalue weighted by atomic mass is 10.1. The van der Waals surface area contributed by atoms with Crippen LogP contribution in [-0.4, -0.2) is 20.9 Å². The zero-order chi connectivity index (χ0) is 14.9. The van der Waals surface area contributed by atoms with Crippen molar-refractivity contribution in [2.45, 2.75) is 6.18 Å². The second-order valence-electron chi connectivity index (χ2n) is 3.79. The lowest BCUT2D eigenvalue weighted by molar-refractivity contribution is -0.141. The summed E-state index contributed by atoms with van der Waals surface area (Å²) in [5.74, 6) is -1.23. The quantitative estimate of drug-likeness (QED) is 0.917. The highest BCUT2D eigenvalue weighted by molar-refractivity contribution is 5.88. The van der Waals surface area contributed by atoms with Gasteiger partial charge in [0.25, 0.3) is 0 Å². The average molecular weight is 281 g/mol. The Balaban J connectivity index is 2.51. The van der Waals surface area contributed by atoms with Crippen molar-refractivity contribution < 1.29 is 23.1 Å². The third-order valence-electron chi connectivity index (χ3n) is 2.49. The molecule has 0 amide bonds. The first kappa shape index (κ1) is 13.6. The summed E-state index contributed by atoms with van der Waals surface area (Å²) in [4.78, 5) is 10.8. The number of hydrogen-bond donors (Lipinski definition) is 1. The highest BCUT2D eigenvalue weighted by Crippen LogP contribution is 2.28. The van der Waals surface area contributed by atoms with Gasteiger partial charge in [-0.25, -0.2) is 9.48 Å². The number of carboxylic acids is 1. The van der Waals surface area contributed by atoms with Crippen molar-refractivity contribution in [1.29, 1.82) is 5.26 Å². The Bertz CT molecular complexity index is 713. The summed E-state index contributed by atoms with van der Waals surface area (Å²) in [6.45, 7) is 0. The molecule has 0 fully saturated rings. The number of nitrogens with zero attached hydrogens (tertiary/aromatic N) is 3. The van der Waals surface area contributed by atoms with Crippen molar-refractivity contribution in [2.75, 3.05) is 0 Å². The van der Waals surface area contributed by atoms with Crippen LogP contribution in [0.15, 0.2) is 30.5 Å². The second kappa shape index (κ2) is 4.70. The number of aromatic carboxylic acids is 1. The maximum Gasteiger partial charge on any atom is 0.435 e. The molecule has 1 aromatic heterocycles. The van der Waals surface area contributed by atoms with Crippen LogP contribution in [0.5, 0.6) is 0 Å². The van der Waals surface area contributed by atoms with Crippen molar-refractivity contribution in [3.05, 3.63) is 47.3 Å². The molecule has 0 aliphatic heterocycles. The summed E-state index contributed by atoms with van der Waals surface area (Å²) >= 11 is 0. The van der Waals surface area contributed by atoms with Crippen LogP contribution in [0.25, 0.3) is 5.69 Å². The molecule has 20 heavy (non-hydrogen) atoms. The lowest BCUT2D eigenvalue weighted by Crippen LogP contribution is -2.08. The van der Waals surface area contributed by atoms with Crippen molar-refractivity contribution in [1.82, 2.24) is 9.78 Å². The molecule has 1 heterocycles. The zero-order valence-corrected chi connectivity index (χ0v) is 9.72. The van der Waals surface area contributed by atoms with Gasteiger partial charge in [0, 0.05) is 6.20 Å². The molecule has 102 valence electrons. The molecule has 0 aliphatic carbocycles. The van der Waals surface area contributed by atoms with Gasteiger partial charge >= 0.3 is 12.1 Å². The minimum atomic E-state index is -4.58. The first-order chi connectivity index (χ1) is 9.32. The molecular weight excluding hydrogens is 275 g/mol. The van der Waals surface area contributed by atoms with Gasteiger partial charge in [0.15, 0.2) is 5.69 Å². The Morgan fingerprint density at radius 1 is 1.35 bits per heavy atom. The Hall–Kier alpha value is -2.82. The number of benzene rings is 1. The molecule has 0 aliphatic rings. The Morgan fingerprint density at radius 3 is 2.55 bits per heavy atom. The van der Waals surface area contributed by atoms with Crippen LogP contribution >= 0.6 is 0 Å². The van der Waals surface area contributed by atoms with E-state index in [1.807, 2.05) is 0 Å². The summed E-state index contributed by atoms with van der Waals surface area (Å²) in [6, 6.07) is 6.00. The van der Waals surface area contributed by atoms with Gasteiger partial charge in [-0.05, 0) is 24.3 Å². The van der Waals surface area contributed by atoms with Gasteiger partial charge in [0.2, 0.25) is 0 Å². The number of nitriles is 1. The summed E-state index contributed by atoms with van der Waals surface area (Å²) in [5, 5.41) is 21.1. The van der Waals surface area contributed by atoms with E-state index in [0.29, 0.717) is 0 Å². The smallest absolute Gasteiger partial charge is 0.435 e. The van der Waals surface area contributed by atoms with Crippen LogP contribution in [0.2, 0.25) is 0 Å². The number of halogens is 3. The molecule has 5 nitrogen and oxygen atoms in total. The summed E-state index contributed by atoms with van der Waals surface area (Å²) < 4.78 is 38.2. The summed E-state index contributed by atoms with van der Waals surface area (Å²) in [5.41, 5.74) is -1.23. The van der Waals surface area contributed by atoms with E-state index in [1.54, 1.807) is 6.07 Å². The van der Waals surface area contributed by atoms with Crippen molar-refractivity contribution in [2.24, 2.45) is 0 Å². The van der Waals surface area contributed by atoms with Crippen LogP contribution in [0, 0.1) is 11.3 Å². The number of rotatable bonds is 2. The van der Waals surface area contributed by atoms with E-state index in [-0.39, 0.29) is 16.8 Å². The van der Waals surface area contributed by atoms with E-state index in [9.17, 15) is 18.0 Å². The molecule has 0 radical (unpaired) electrons. The Kier molecular flexibility index (Phi) is 3.19. The molecule has 8 heteroatoms. The fourth-order valence-electron chi connectivity index (χ4n) is 1.57. The van der Waals surface area contributed by atoms with Crippen LogP contribution in [0.4, 0.5) is 13.2 Å². The molecule has 0 atom stereocenters. The SMILES string of the molecule is N#Cc1cc(C(=O)O)ccc1-n1ccc(C(F)(F)F)n1. The molecular formula is C12H6F3N3O2. The normalized spacial score (nSPS) is 11.1. The fourth-order valence-corrected chi connectivity index (χ4v) is 1.57. The average Bonchev–Trinajstić information content (AvgIpc) is 2.87. The first-order valence-corrected chi connectivity index (χ1v) is 5.23. The molecule has 0 bridgehead atoms. The van der Waals surface area contributed by atoms with Crippen LogP contribution in [0.1, 0.15) is 21.6 Å². The monoisotopic (exact) mass is 281 g/mol. The van der Waals surface area contributed by atoms with Gasteiger partial charge in [-0.2, -0.15) is 23.5 Å². The molecule has 0 saturated heterocycles. The van der Waals surface area contributed by atoms with E-state index in [2.05, 4.69) is 5.10 Å². The van der Waals surface area contributed by atoms with Crippen LogP contribution < -0.4 is 0 Å². The second-order valence-corrected chi connectivity index (χ2v) is 3.79. The molecule has 2 rings (SSSR count). The zero-order valence-electron chi connectivity index (χ0n) is 9.72. The molecule has 1 N–H and O–H groups in total. The molecule has 0 unspecified atom stereocenters. The third-order valence-corrected chi connectivity index (χ3v) is 2.49. The predicted octanol–water partition coefficient (Wildman–Crippen LogP) is 2.46. The molecule has 0 saturated carbocycles. The van der Waals surface area contributed by atoms with Crippen LogP contribution in [-0.2, 0) is 6.18 Å². The minimum absolute atomic E-state index is 0.0769. The molecule has 1 aromatic carbocycles. The van der Waals surface area contributed by atoms with Crippen molar-refractivity contribution in [3.8, 4) is 11.8 Å². The first-order valence-electron chi connectivity index (χ1n) is 5.23. The van der Waals surface area contributed by atoms with Crippen molar-refractivity contribution >= 4 is 5.97 Å². The Labute approximate surface area is 110 Å². The van der Waals surface area contributed by atoms with E-state index < -0.39 is 17.8 Å². The Morgan fingerprint density at radius 2 is 2.05 bits per heavy atom. The lowest BCUT2D eigenvalue weighted by Gasteiger charge is -2.05. The maximum absolute atomic E-state index is 12.5. The summed E-state index contributed by atoms with van der Waals surface area (Å²) in [7, 11) is 0. The van der Waals surface area contributed by atoms with E-state index in [1.165, 1.54) is 12.1 Å². The third kappa shape index (κ3) is 2.47. The summed E-state index contributed by atoms with van der Waals surface area (Å²) in [6.07, 6.45) is -3.53. The minimum Gasteiger partial charge on any atom is -0.478 e. The maximum atomic E-state index is 12.5. The van der Waals surface area contributed by atoms with E-state index >= 15 is 0 Å².